The van der Waals surface area contributed by atoms with Crippen molar-refractivity contribution in [2.45, 2.75) is 31.2 Å². The Morgan fingerprint density at radius 1 is 1.19 bits per heavy atom. The van der Waals surface area contributed by atoms with Crippen LogP contribution in [0.5, 0.6) is 0 Å². The molecule has 1 aromatic carbocycles. The van der Waals surface area contributed by atoms with Gasteiger partial charge in [-0.15, -0.1) is 0 Å². The molecule has 1 aliphatic carbocycles. The summed E-state index contributed by atoms with van der Waals surface area (Å²) in [6.45, 7) is 4.61. The molecule has 1 atom stereocenters. The predicted molar refractivity (Wildman–Crippen MR) is 106 cm³/mol. The number of hydrogen-bond donors (Lipinski definition) is 1. The van der Waals surface area contributed by atoms with Gasteiger partial charge in [-0.1, -0.05) is 18.2 Å². The number of likely N-dealkylation sites (N-methyl/N-ethyl adjacent to an activating group) is 1. The number of amides is 1. The van der Waals surface area contributed by atoms with E-state index in [1.54, 1.807) is 0 Å². The Balaban J connectivity index is 1.22. The lowest BCUT2D eigenvalue weighted by Gasteiger charge is -2.58. The third-order valence-corrected chi connectivity index (χ3v) is 6.83. The maximum atomic E-state index is 13.0. The molecule has 3 fully saturated rings. The van der Waals surface area contributed by atoms with Crippen LogP contribution in [0.15, 0.2) is 30.5 Å². The molecule has 3 aliphatic rings. The molecule has 144 valence electrons. The second-order valence-electron chi connectivity index (χ2n) is 8.89. The van der Waals surface area contributed by atoms with E-state index < -0.39 is 0 Å². The first-order valence-electron chi connectivity index (χ1n) is 10.3. The van der Waals surface area contributed by atoms with Gasteiger partial charge >= 0.3 is 0 Å². The van der Waals surface area contributed by atoms with E-state index in [1.807, 2.05) is 35.4 Å². The highest BCUT2D eigenvalue weighted by Crippen LogP contribution is 2.39. The molecule has 3 heterocycles. The number of piperidine rings is 1. The summed E-state index contributed by atoms with van der Waals surface area (Å²) in [4.78, 5) is 20.7. The van der Waals surface area contributed by atoms with E-state index in [1.165, 1.54) is 19.3 Å². The first-order chi connectivity index (χ1) is 13.1. The van der Waals surface area contributed by atoms with Crippen molar-refractivity contribution < 1.29 is 9.53 Å². The molecule has 2 saturated heterocycles. The lowest BCUT2D eigenvalue weighted by molar-refractivity contribution is -0.0761. The van der Waals surface area contributed by atoms with Gasteiger partial charge in [0, 0.05) is 43.4 Å². The van der Waals surface area contributed by atoms with Gasteiger partial charge in [0.05, 0.1) is 11.1 Å². The van der Waals surface area contributed by atoms with E-state index in [2.05, 4.69) is 16.9 Å². The molecule has 1 N–H and O–H groups in total. The van der Waals surface area contributed by atoms with Gasteiger partial charge in [0.25, 0.3) is 5.91 Å². The molecular weight excluding hydrogens is 338 g/mol. The Labute approximate surface area is 160 Å². The number of H-pyrrole nitrogens is 1. The zero-order valence-corrected chi connectivity index (χ0v) is 16.1. The van der Waals surface area contributed by atoms with Gasteiger partial charge in [-0.2, -0.15) is 0 Å². The second-order valence-corrected chi connectivity index (χ2v) is 8.89. The van der Waals surface area contributed by atoms with E-state index >= 15 is 0 Å². The van der Waals surface area contributed by atoms with E-state index in [4.69, 9.17) is 4.74 Å². The molecule has 1 amide bonds. The fourth-order valence-corrected chi connectivity index (χ4v) is 4.83. The molecule has 0 unspecified atom stereocenters. The Morgan fingerprint density at radius 2 is 1.96 bits per heavy atom. The van der Waals surface area contributed by atoms with Crippen LogP contribution in [0.25, 0.3) is 10.9 Å². The Kier molecular flexibility index (Phi) is 4.25. The maximum Gasteiger partial charge on any atom is 0.256 e. The lowest BCUT2D eigenvalue weighted by atomic mass is 9.75. The lowest BCUT2D eigenvalue weighted by Crippen LogP contribution is -2.72. The van der Waals surface area contributed by atoms with Crippen LogP contribution in [-0.4, -0.2) is 66.1 Å². The molecule has 0 bridgehead atoms. The number of para-hydroxylation sites is 1. The Bertz CT molecular complexity index is 835. The van der Waals surface area contributed by atoms with Gasteiger partial charge in [0.15, 0.2) is 0 Å². The number of ether oxygens (including phenoxy) is 1. The monoisotopic (exact) mass is 367 g/mol. The smallest absolute Gasteiger partial charge is 0.256 e. The van der Waals surface area contributed by atoms with E-state index in [-0.39, 0.29) is 11.4 Å². The fourth-order valence-electron chi connectivity index (χ4n) is 4.83. The summed E-state index contributed by atoms with van der Waals surface area (Å²) in [6.07, 6.45) is 6.91. The molecule has 5 nitrogen and oxygen atoms in total. The summed E-state index contributed by atoms with van der Waals surface area (Å²) in [6, 6.07) is 8.03. The molecule has 5 heteroatoms. The topological polar surface area (TPSA) is 48.6 Å². The highest BCUT2D eigenvalue weighted by molar-refractivity contribution is 6.07. The fraction of sp³-hybridized carbons (Fsp3) is 0.591. The zero-order valence-electron chi connectivity index (χ0n) is 16.1. The first kappa shape index (κ1) is 17.3. The largest absolute Gasteiger partial charge is 0.381 e. The molecular formula is C22H29N3O2. The summed E-state index contributed by atoms with van der Waals surface area (Å²) in [5.74, 6) is 1.61. The summed E-state index contributed by atoms with van der Waals surface area (Å²) in [5, 5.41) is 1.02. The number of benzene rings is 1. The van der Waals surface area contributed by atoms with Crippen LogP contribution in [0.3, 0.4) is 0 Å². The molecule has 2 aliphatic heterocycles. The number of hydrogen-bond acceptors (Lipinski definition) is 3. The van der Waals surface area contributed by atoms with E-state index in [9.17, 15) is 4.79 Å². The van der Waals surface area contributed by atoms with Crippen LogP contribution < -0.4 is 0 Å². The molecule has 1 aromatic heterocycles. The van der Waals surface area contributed by atoms with Gasteiger partial charge in [-0.25, -0.2) is 0 Å². The SMILES string of the molecule is CN1CC[C@@H](COCC2CC2)CC12CN(C(=O)c1c[nH]c3ccccc13)C2. The third-order valence-electron chi connectivity index (χ3n) is 6.83. The van der Waals surface area contributed by atoms with Crippen molar-refractivity contribution >= 4 is 16.8 Å². The minimum atomic E-state index is 0.146. The van der Waals surface area contributed by atoms with Gasteiger partial charge in [-0.3, -0.25) is 9.69 Å². The highest BCUT2D eigenvalue weighted by Gasteiger charge is 2.51. The highest BCUT2D eigenvalue weighted by atomic mass is 16.5. The van der Waals surface area contributed by atoms with Gasteiger partial charge in [-0.05, 0) is 57.2 Å². The second kappa shape index (κ2) is 6.64. The van der Waals surface area contributed by atoms with Crippen molar-refractivity contribution in [2.24, 2.45) is 11.8 Å². The van der Waals surface area contributed by atoms with Crippen LogP contribution in [0.1, 0.15) is 36.0 Å². The quantitative estimate of drug-likeness (QED) is 0.883. The van der Waals surface area contributed by atoms with Crippen molar-refractivity contribution in [1.29, 1.82) is 0 Å². The number of rotatable bonds is 5. The molecule has 1 saturated carbocycles. The van der Waals surface area contributed by atoms with Crippen molar-refractivity contribution in [3.8, 4) is 0 Å². The average molecular weight is 367 g/mol. The number of aromatic amines is 1. The number of nitrogens with one attached hydrogen (secondary N) is 1. The zero-order chi connectivity index (χ0) is 18.4. The van der Waals surface area contributed by atoms with Gasteiger partial charge in [0.2, 0.25) is 0 Å². The maximum absolute atomic E-state index is 13.0. The normalized spacial score (nSPS) is 25.1. The number of fused-ring (bicyclic) bond motifs is 1. The number of carbonyl (C=O) groups is 1. The van der Waals surface area contributed by atoms with Gasteiger partial charge in [0.1, 0.15) is 0 Å². The Morgan fingerprint density at radius 3 is 2.78 bits per heavy atom. The van der Waals surface area contributed by atoms with Crippen molar-refractivity contribution in [2.75, 3.05) is 39.9 Å². The van der Waals surface area contributed by atoms with Crippen LogP contribution in [0.2, 0.25) is 0 Å². The van der Waals surface area contributed by atoms with Crippen LogP contribution in [0.4, 0.5) is 0 Å². The van der Waals surface area contributed by atoms with Crippen molar-refractivity contribution in [3.63, 3.8) is 0 Å². The minimum Gasteiger partial charge on any atom is -0.381 e. The number of nitrogens with zero attached hydrogens (tertiary/aromatic N) is 2. The molecule has 1 spiro atoms. The standard InChI is InChI=1S/C22H29N3O2/c1-24-9-8-17(13-27-12-16-6-7-16)10-22(24)14-25(15-22)21(26)19-11-23-20-5-3-2-4-18(19)20/h2-5,11,16-17,23H,6-10,12-15H2,1H3/t17-/m1/s1. The minimum absolute atomic E-state index is 0.146. The van der Waals surface area contributed by atoms with Crippen molar-refractivity contribution in [3.05, 3.63) is 36.0 Å². The van der Waals surface area contributed by atoms with E-state index in [0.717, 1.165) is 61.7 Å². The molecule has 2 aromatic rings. The van der Waals surface area contributed by atoms with Crippen LogP contribution in [0, 0.1) is 11.8 Å². The summed E-state index contributed by atoms with van der Waals surface area (Å²) >= 11 is 0. The molecule has 27 heavy (non-hydrogen) atoms. The van der Waals surface area contributed by atoms with Crippen LogP contribution >= 0.6 is 0 Å². The molecule has 0 radical (unpaired) electrons. The van der Waals surface area contributed by atoms with E-state index in [0.29, 0.717) is 5.92 Å². The Hall–Kier alpha value is -1.85. The first-order valence-corrected chi connectivity index (χ1v) is 10.3. The number of likely N-dealkylation sites (tertiary alicyclic amines) is 2. The predicted octanol–water partition coefficient (Wildman–Crippen LogP) is 3.13. The van der Waals surface area contributed by atoms with Crippen molar-refractivity contribution in [1.82, 2.24) is 14.8 Å². The summed E-state index contributed by atoms with van der Waals surface area (Å²) in [5.41, 5.74) is 1.97. The summed E-state index contributed by atoms with van der Waals surface area (Å²) in [7, 11) is 2.22. The third kappa shape index (κ3) is 3.17. The van der Waals surface area contributed by atoms with Gasteiger partial charge < -0.3 is 14.6 Å². The average Bonchev–Trinajstić information content (AvgIpc) is 3.37. The van der Waals surface area contributed by atoms with Crippen LogP contribution in [-0.2, 0) is 4.74 Å². The number of carbonyl (C=O) groups excluding carboxylic acids is 1. The summed E-state index contributed by atoms with van der Waals surface area (Å²) < 4.78 is 5.97. The number of aromatic nitrogens is 1. The molecule has 5 rings (SSSR count).